The van der Waals surface area contributed by atoms with E-state index in [9.17, 15) is 15.2 Å². The fraction of sp³-hybridized carbons (Fsp3) is 0.0667. The van der Waals surface area contributed by atoms with Gasteiger partial charge in [0.2, 0.25) is 0 Å². The van der Waals surface area contributed by atoms with E-state index in [0.29, 0.717) is 5.69 Å². The Morgan fingerprint density at radius 3 is 2.32 bits per heavy atom. The summed E-state index contributed by atoms with van der Waals surface area (Å²) >= 11 is 0.972. The number of Topliss-reactive ketones (excluding diaryl/α,β-unsaturated/α-hetero) is 1. The third kappa shape index (κ3) is 5.45. The molecule has 0 amide bonds. The van der Waals surface area contributed by atoms with Crippen molar-refractivity contribution in [2.24, 2.45) is 10.7 Å². The number of benzene rings is 2. The molecule has 0 aliphatic rings. The Labute approximate surface area is 147 Å². The smallest absolute Gasteiger partial charge is 0.173 e. The summed E-state index contributed by atoms with van der Waals surface area (Å²) in [5.74, 6) is -0.335. The van der Waals surface area contributed by atoms with Crippen molar-refractivity contribution in [1.29, 1.82) is 0 Å². The first-order valence-electron chi connectivity index (χ1n) is 6.89. The van der Waals surface area contributed by atoms with E-state index in [1.54, 1.807) is 6.07 Å². The van der Waals surface area contributed by atoms with Crippen molar-refractivity contribution in [3.8, 4) is 0 Å². The molecule has 0 fully saturated rings. The molecule has 4 N–H and O–H groups in total. The maximum Gasteiger partial charge on any atom is 0.173 e. The molecule has 25 heavy (non-hydrogen) atoms. The lowest BCUT2D eigenvalue weighted by atomic mass is 10.1. The third-order valence-electron chi connectivity index (χ3n) is 3.03. The summed E-state index contributed by atoms with van der Waals surface area (Å²) in [6.07, 6.45) is 0. The Kier molecular flexibility index (Phi) is 6.33. The minimum atomic E-state index is -0.326. The number of carbonyl (C=O) groups excluding carboxylic acids is 1. The zero-order valence-electron chi connectivity index (χ0n) is 12.8. The maximum absolute atomic E-state index is 12.1. The highest BCUT2D eigenvalue weighted by atomic mass is 32.2. The molecule has 0 aliphatic heterocycles. The molecule has 0 radical (unpaired) electrons. The van der Waals surface area contributed by atoms with Gasteiger partial charge in [-0.15, -0.1) is 0 Å². The number of nitrogens with two attached hydrogens (primary N) is 1. The molecule has 9 nitrogen and oxygen atoms in total. The lowest BCUT2D eigenvalue weighted by molar-refractivity contribution is 0.102. The monoisotopic (exact) mass is 362 g/mol. The van der Waals surface area contributed by atoms with Crippen LogP contribution in [-0.4, -0.2) is 27.1 Å². The molecule has 0 saturated carbocycles. The van der Waals surface area contributed by atoms with Crippen LogP contribution in [0.2, 0.25) is 0 Å². The number of hydrogen-bond donors (Lipinski definition) is 3. The number of hydrogen-bond acceptors (Lipinski definition) is 9. The molecule has 132 valence electrons. The summed E-state index contributed by atoms with van der Waals surface area (Å²) in [6.45, 7) is 0. The first-order chi connectivity index (χ1) is 11.9. The number of amidine groups is 1. The van der Waals surface area contributed by atoms with Gasteiger partial charge in [-0.05, 0) is 30.3 Å². The normalized spacial score (nSPS) is 11.3. The van der Waals surface area contributed by atoms with Gasteiger partial charge in [-0.1, -0.05) is 30.0 Å². The van der Waals surface area contributed by atoms with Crippen LogP contribution >= 0.6 is 11.8 Å². The summed E-state index contributed by atoms with van der Waals surface area (Å²) in [5.41, 5.74) is 6.28. The first-order valence-corrected chi connectivity index (χ1v) is 7.88. The maximum atomic E-state index is 12.1. The third-order valence-corrected chi connectivity index (χ3v) is 3.82. The minimum Gasteiger partial charge on any atom is -0.733 e. The molecule has 0 aliphatic carbocycles. The Morgan fingerprint density at radius 2 is 1.68 bits per heavy atom. The van der Waals surface area contributed by atoms with E-state index in [-0.39, 0.29) is 44.1 Å². The summed E-state index contributed by atoms with van der Waals surface area (Å²) in [6, 6.07) is 11.4. The molecule has 2 aromatic carbocycles. The van der Waals surface area contributed by atoms with Crippen molar-refractivity contribution < 1.29 is 15.2 Å². The van der Waals surface area contributed by atoms with Crippen molar-refractivity contribution in [2.75, 3.05) is 16.2 Å². The van der Waals surface area contributed by atoms with Gasteiger partial charge in [0.25, 0.3) is 0 Å². The highest BCUT2D eigenvalue weighted by molar-refractivity contribution is 8.14. The van der Waals surface area contributed by atoms with E-state index < -0.39 is 0 Å². The average molecular weight is 362 g/mol. The topological polar surface area (TPSA) is 149 Å². The van der Waals surface area contributed by atoms with Crippen molar-refractivity contribution in [3.63, 3.8) is 0 Å². The zero-order chi connectivity index (χ0) is 18.4. The quantitative estimate of drug-likeness (QED) is 0.305. The lowest BCUT2D eigenvalue weighted by Crippen LogP contribution is -2.12. The van der Waals surface area contributed by atoms with Gasteiger partial charge in [-0.2, -0.15) is 0 Å². The molecule has 2 aromatic rings. The number of carbonyl (C=O) groups is 1. The van der Waals surface area contributed by atoms with Crippen LogP contribution in [0.3, 0.4) is 0 Å². The Hall–Kier alpha value is -2.63. The van der Waals surface area contributed by atoms with E-state index in [4.69, 9.17) is 16.1 Å². The number of rotatable bonds is 6. The largest absolute Gasteiger partial charge is 0.733 e. The molecule has 10 heteroatoms. The second-order valence-electron chi connectivity index (χ2n) is 4.78. The molecule has 0 heterocycles. The van der Waals surface area contributed by atoms with Gasteiger partial charge in [-0.25, -0.2) is 4.99 Å². The summed E-state index contributed by atoms with van der Waals surface area (Å²) in [4.78, 5) is 16.1. The van der Waals surface area contributed by atoms with Crippen molar-refractivity contribution in [1.82, 2.24) is 0 Å². The van der Waals surface area contributed by atoms with Gasteiger partial charge in [0, 0.05) is 5.56 Å². The molecular formula is C15H14N4O5S-2. The van der Waals surface area contributed by atoms with Gasteiger partial charge in [0.05, 0.1) is 22.8 Å². The van der Waals surface area contributed by atoms with E-state index >= 15 is 0 Å². The van der Waals surface area contributed by atoms with Crippen LogP contribution in [0.1, 0.15) is 10.4 Å². The standard InChI is InChI=1S/C15H14N4O5S/c16-15(17-11-4-2-6-13(8-11)19(23)24)25-9-14(20)10-3-1-5-12(7-10)18(21)22/h1-8,21,23H,9H2,(H2,16,17)/q-2. The summed E-state index contributed by atoms with van der Waals surface area (Å²) < 4.78 is 0. The van der Waals surface area contributed by atoms with Crippen molar-refractivity contribution in [3.05, 3.63) is 64.5 Å². The van der Waals surface area contributed by atoms with Crippen LogP contribution in [0.5, 0.6) is 0 Å². The van der Waals surface area contributed by atoms with Gasteiger partial charge in [0.15, 0.2) is 11.0 Å². The van der Waals surface area contributed by atoms with E-state index in [2.05, 4.69) is 4.99 Å². The molecular weight excluding hydrogens is 348 g/mol. The minimum absolute atomic E-state index is 0.00175. The lowest BCUT2D eigenvalue weighted by Gasteiger charge is -2.21. The van der Waals surface area contributed by atoms with Crippen molar-refractivity contribution in [2.45, 2.75) is 0 Å². The molecule has 0 atom stereocenters. The van der Waals surface area contributed by atoms with Crippen LogP contribution in [0.4, 0.5) is 17.1 Å². The van der Waals surface area contributed by atoms with Crippen LogP contribution in [-0.2, 0) is 0 Å². The highest BCUT2D eigenvalue weighted by Gasteiger charge is 2.09. The fourth-order valence-corrected chi connectivity index (χ4v) is 2.48. The molecule has 0 saturated heterocycles. The molecule has 0 unspecified atom stereocenters. The molecule has 2 rings (SSSR count). The van der Waals surface area contributed by atoms with Crippen LogP contribution in [0.15, 0.2) is 53.5 Å². The van der Waals surface area contributed by atoms with Crippen LogP contribution in [0.25, 0.3) is 0 Å². The van der Waals surface area contributed by atoms with Gasteiger partial charge >= 0.3 is 0 Å². The Bertz CT molecular complexity index is 782. The summed E-state index contributed by atoms with van der Waals surface area (Å²) in [5, 5.41) is 38.8. The number of anilines is 2. The fourth-order valence-electron chi connectivity index (χ4n) is 1.86. The number of aliphatic imine (C=N–C) groups is 1. The Balaban J connectivity index is 2.01. The average Bonchev–Trinajstić information content (AvgIpc) is 2.60. The van der Waals surface area contributed by atoms with Gasteiger partial charge < -0.3 is 26.6 Å². The summed E-state index contributed by atoms with van der Waals surface area (Å²) in [7, 11) is 0. The highest BCUT2D eigenvalue weighted by Crippen LogP contribution is 2.21. The van der Waals surface area contributed by atoms with E-state index in [0.717, 1.165) is 11.8 Å². The number of nitrogens with zero attached hydrogens (tertiary/aromatic N) is 3. The molecule has 0 bridgehead atoms. The number of ketones is 1. The van der Waals surface area contributed by atoms with E-state index in [1.165, 1.54) is 42.5 Å². The Morgan fingerprint density at radius 1 is 1.08 bits per heavy atom. The van der Waals surface area contributed by atoms with Gasteiger partial charge in [0.1, 0.15) is 0 Å². The predicted molar refractivity (Wildman–Crippen MR) is 96.2 cm³/mol. The van der Waals surface area contributed by atoms with E-state index in [1.807, 2.05) is 0 Å². The SMILES string of the molecule is NC(=Nc1cccc(N([O-])O)c1)SCC(=O)c1cccc(N([O-])O)c1. The molecule has 0 spiro atoms. The molecule has 0 aromatic heterocycles. The number of thioether (sulfide) groups is 1. The second-order valence-corrected chi connectivity index (χ2v) is 5.77. The first kappa shape index (κ1) is 18.7. The van der Waals surface area contributed by atoms with Crippen LogP contribution < -0.4 is 16.2 Å². The van der Waals surface area contributed by atoms with Crippen molar-refractivity contribution >= 4 is 39.8 Å². The van der Waals surface area contributed by atoms with Gasteiger partial charge in [-0.3, -0.25) is 15.2 Å². The van der Waals surface area contributed by atoms with Crippen LogP contribution in [0, 0.1) is 10.4 Å². The zero-order valence-corrected chi connectivity index (χ0v) is 13.6. The second kappa shape index (κ2) is 8.46. The predicted octanol–water partition coefficient (Wildman–Crippen LogP) is 2.64.